The van der Waals surface area contributed by atoms with Gasteiger partial charge < -0.3 is 10.1 Å². The molecule has 1 aromatic heterocycles. The number of imide groups is 1. The highest BCUT2D eigenvalue weighted by molar-refractivity contribution is 5.97. The van der Waals surface area contributed by atoms with Crippen molar-refractivity contribution in [3.8, 4) is 5.69 Å². The van der Waals surface area contributed by atoms with Crippen LogP contribution in [0.2, 0.25) is 0 Å². The summed E-state index contributed by atoms with van der Waals surface area (Å²) < 4.78 is 6.69. The van der Waals surface area contributed by atoms with E-state index in [9.17, 15) is 14.4 Å². The molecule has 1 aliphatic carbocycles. The summed E-state index contributed by atoms with van der Waals surface area (Å²) in [6.45, 7) is 2.92. The molecule has 0 bridgehead atoms. The fourth-order valence-corrected chi connectivity index (χ4v) is 2.57. The van der Waals surface area contributed by atoms with Crippen LogP contribution >= 0.6 is 0 Å². The minimum Gasteiger partial charge on any atom is -0.452 e. The highest BCUT2D eigenvalue weighted by Crippen LogP contribution is 2.19. The number of aromatic nitrogens is 2. The van der Waals surface area contributed by atoms with E-state index in [2.05, 4.69) is 15.7 Å². The molecule has 1 aromatic carbocycles. The number of urea groups is 1. The van der Waals surface area contributed by atoms with Crippen LogP contribution in [-0.4, -0.2) is 40.3 Å². The van der Waals surface area contributed by atoms with Gasteiger partial charge in [0, 0.05) is 6.04 Å². The zero-order valence-electron chi connectivity index (χ0n) is 14.6. The van der Waals surface area contributed by atoms with Gasteiger partial charge in [0.25, 0.3) is 5.91 Å². The van der Waals surface area contributed by atoms with E-state index in [1.807, 2.05) is 30.3 Å². The first-order valence-electron chi connectivity index (χ1n) is 8.35. The van der Waals surface area contributed by atoms with Gasteiger partial charge in [0.15, 0.2) is 6.61 Å². The minimum absolute atomic E-state index is 0.138. The van der Waals surface area contributed by atoms with Crippen molar-refractivity contribution in [1.82, 2.24) is 20.4 Å². The summed E-state index contributed by atoms with van der Waals surface area (Å²) in [5.41, 5.74) is 2.25. The molecule has 8 heteroatoms. The van der Waals surface area contributed by atoms with E-state index < -0.39 is 24.5 Å². The molecule has 3 rings (SSSR count). The lowest BCUT2D eigenvalue weighted by molar-refractivity contribution is -0.123. The summed E-state index contributed by atoms with van der Waals surface area (Å²) in [7, 11) is 0. The molecule has 0 unspecified atom stereocenters. The Hall–Kier alpha value is -3.16. The lowest BCUT2D eigenvalue weighted by Gasteiger charge is -2.07. The molecule has 0 radical (unpaired) electrons. The van der Waals surface area contributed by atoms with Crippen molar-refractivity contribution < 1.29 is 19.1 Å². The largest absolute Gasteiger partial charge is 0.452 e. The number of hydrogen-bond donors (Lipinski definition) is 2. The molecule has 0 aliphatic heterocycles. The Morgan fingerprint density at radius 1 is 1.19 bits per heavy atom. The van der Waals surface area contributed by atoms with E-state index in [1.54, 1.807) is 18.5 Å². The number of ether oxygens (including phenoxy) is 1. The fraction of sp³-hybridized carbons (Fsp3) is 0.333. The molecule has 2 N–H and O–H groups in total. The molecule has 26 heavy (non-hydrogen) atoms. The summed E-state index contributed by atoms with van der Waals surface area (Å²) in [4.78, 5) is 35.6. The molecule has 1 fully saturated rings. The van der Waals surface area contributed by atoms with Gasteiger partial charge in [-0.05, 0) is 38.8 Å². The molecule has 0 spiro atoms. The van der Waals surface area contributed by atoms with Crippen molar-refractivity contribution in [2.75, 3.05) is 6.61 Å². The van der Waals surface area contributed by atoms with Gasteiger partial charge in [0.2, 0.25) is 0 Å². The first-order chi connectivity index (χ1) is 12.5. The van der Waals surface area contributed by atoms with Gasteiger partial charge >= 0.3 is 12.0 Å². The van der Waals surface area contributed by atoms with Crippen LogP contribution < -0.4 is 10.6 Å². The van der Waals surface area contributed by atoms with Crippen molar-refractivity contribution in [1.29, 1.82) is 0 Å². The van der Waals surface area contributed by atoms with Crippen LogP contribution in [-0.2, 0) is 9.53 Å². The molecular formula is C18H20N4O4. The predicted molar refractivity (Wildman–Crippen MR) is 93.0 cm³/mol. The second-order valence-corrected chi connectivity index (χ2v) is 6.17. The Balaban J connectivity index is 1.62. The topological polar surface area (TPSA) is 102 Å². The standard InChI is InChI=1S/C18H20N4O4/c1-11-16(12(2)22(21-11)14-6-4-3-5-7-14)17(24)26-10-15(23)20-18(25)19-13-8-9-13/h3-7,13H,8-10H2,1-2H3,(H2,19,20,23,25). The van der Waals surface area contributed by atoms with Crippen LogP contribution in [0.5, 0.6) is 0 Å². The lowest BCUT2D eigenvalue weighted by Crippen LogP contribution is -2.42. The number of esters is 1. The zero-order valence-corrected chi connectivity index (χ0v) is 14.6. The van der Waals surface area contributed by atoms with Crippen LogP contribution in [0.1, 0.15) is 34.6 Å². The third-order valence-corrected chi connectivity index (χ3v) is 4.00. The van der Waals surface area contributed by atoms with Gasteiger partial charge in [-0.1, -0.05) is 18.2 Å². The zero-order chi connectivity index (χ0) is 18.7. The average Bonchev–Trinajstić information content (AvgIpc) is 3.36. The van der Waals surface area contributed by atoms with E-state index in [0.717, 1.165) is 18.5 Å². The Labute approximate surface area is 150 Å². The number of nitrogens with zero attached hydrogens (tertiary/aromatic N) is 2. The number of carbonyl (C=O) groups is 3. The summed E-state index contributed by atoms with van der Waals surface area (Å²) in [5.74, 6) is -1.33. The van der Waals surface area contributed by atoms with E-state index in [4.69, 9.17) is 4.74 Å². The summed E-state index contributed by atoms with van der Waals surface area (Å²) in [6, 6.07) is 8.96. The number of rotatable bonds is 5. The highest BCUT2D eigenvalue weighted by Gasteiger charge is 2.25. The van der Waals surface area contributed by atoms with Gasteiger partial charge in [-0.3, -0.25) is 10.1 Å². The van der Waals surface area contributed by atoms with Crippen molar-refractivity contribution in [3.05, 3.63) is 47.3 Å². The molecule has 136 valence electrons. The minimum atomic E-state index is -0.678. The second-order valence-electron chi connectivity index (χ2n) is 6.17. The molecule has 3 amide bonds. The molecule has 1 heterocycles. The molecule has 8 nitrogen and oxygen atoms in total. The number of aryl methyl sites for hydroxylation is 1. The van der Waals surface area contributed by atoms with E-state index in [0.29, 0.717) is 17.0 Å². The van der Waals surface area contributed by atoms with Crippen molar-refractivity contribution >= 4 is 17.9 Å². The number of para-hydroxylation sites is 1. The van der Waals surface area contributed by atoms with Gasteiger partial charge in [-0.15, -0.1) is 0 Å². The third kappa shape index (κ3) is 4.08. The summed E-state index contributed by atoms with van der Waals surface area (Å²) in [5, 5.41) is 9.12. The van der Waals surface area contributed by atoms with Crippen LogP contribution in [0.3, 0.4) is 0 Å². The van der Waals surface area contributed by atoms with Crippen LogP contribution in [0.25, 0.3) is 5.69 Å². The first-order valence-corrected chi connectivity index (χ1v) is 8.35. The van der Waals surface area contributed by atoms with Crippen LogP contribution in [0, 0.1) is 13.8 Å². The quantitative estimate of drug-likeness (QED) is 0.793. The summed E-state index contributed by atoms with van der Waals surface area (Å²) in [6.07, 6.45) is 1.83. The maximum absolute atomic E-state index is 12.4. The molecule has 2 aromatic rings. The smallest absolute Gasteiger partial charge is 0.342 e. The fourth-order valence-electron chi connectivity index (χ4n) is 2.57. The Morgan fingerprint density at radius 3 is 2.54 bits per heavy atom. The maximum atomic E-state index is 12.4. The van der Waals surface area contributed by atoms with Gasteiger partial charge in [-0.2, -0.15) is 5.10 Å². The van der Waals surface area contributed by atoms with Crippen molar-refractivity contribution in [2.45, 2.75) is 32.7 Å². The number of hydrogen-bond acceptors (Lipinski definition) is 5. The Kier molecular flexibility index (Phi) is 5.01. The van der Waals surface area contributed by atoms with Gasteiger partial charge in [0.1, 0.15) is 5.56 Å². The molecule has 1 aliphatic rings. The second kappa shape index (κ2) is 7.38. The highest BCUT2D eigenvalue weighted by atomic mass is 16.5. The lowest BCUT2D eigenvalue weighted by atomic mass is 10.2. The number of amides is 3. The van der Waals surface area contributed by atoms with Crippen LogP contribution in [0.4, 0.5) is 4.79 Å². The molecule has 0 saturated heterocycles. The number of carbonyl (C=O) groups excluding carboxylic acids is 3. The maximum Gasteiger partial charge on any atom is 0.342 e. The number of nitrogens with one attached hydrogen (secondary N) is 2. The summed E-state index contributed by atoms with van der Waals surface area (Å²) >= 11 is 0. The van der Waals surface area contributed by atoms with E-state index >= 15 is 0 Å². The average molecular weight is 356 g/mol. The Bertz CT molecular complexity index is 840. The number of benzene rings is 1. The normalized spacial score (nSPS) is 13.2. The monoisotopic (exact) mass is 356 g/mol. The molecular weight excluding hydrogens is 336 g/mol. The SMILES string of the molecule is Cc1nn(-c2ccccc2)c(C)c1C(=O)OCC(=O)NC(=O)NC1CC1. The predicted octanol–water partition coefficient (Wildman–Crippen LogP) is 1.63. The van der Waals surface area contributed by atoms with E-state index in [-0.39, 0.29) is 6.04 Å². The van der Waals surface area contributed by atoms with E-state index in [1.165, 1.54) is 0 Å². The Morgan fingerprint density at radius 2 is 1.88 bits per heavy atom. The van der Waals surface area contributed by atoms with Crippen LogP contribution in [0.15, 0.2) is 30.3 Å². The third-order valence-electron chi connectivity index (χ3n) is 4.00. The van der Waals surface area contributed by atoms with Crippen molar-refractivity contribution in [2.24, 2.45) is 0 Å². The van der Waals surface area contributed by atoms with Gasteiger partial charge in [0.05, 0.1) is 17.1 Å². The van der Waals surface area contributed by atoms with Gasteiger partial charge in [-0.25, -0.2) is 14.3 Å². The molecule has 1 saturated carbocycles. The first kappa shape index (κ1) is 17.7. The van der Waals surface area contributed by atoms with Crippen molar-refractivity contribution in [3.63, 3.8) is 0 Å². The molecule has 0 atom stereocenters.